The predicted molar refractivity (Wildman–Crippen MR) is 104 cm³/mol. The molecule has 2 aliphatic rings. The monoisotopic (exact) mass is 404 g/mol. The molecule has 150 valence electrons. The number of nitrogens with one attached hydrogen (secondary N) is 2. The van der Waals surface area contributed by atoms with Crippen molar-refractivity contribution >= 4 is 21.7 Å². The van der Waals surface area contributed by atoms with Gasteiger partial charge in [-0.05, 0) is 74.3 Å². The fraction of sp³-hybridized carbons (Fsp3) is 0.474. The summed E-state index contributed by atoms with van der Waals surface area (Å²) in [6.07, 6.45) is 5.01. The number of carbonyl (C=O) groups excluding carboxylic acids is 1. The van der Waals surface area contributed by atoms with E-state index in [-0.39, 0.29) is 11.1 Å². The van der Waals surface area contributed by atoms with Crippen LogP contribution in [-0.4, -0.2) is 29.3 Å². The van der Waals surface area contributed by atoms with Crippen molar-refractivity contribution in [3.8, 4) is 0 Å². The third-order valence-electron chi connectivity index (χ3n) is 5.42. The molecule has 2 aliphatic carbocycles. The van der Waals surface area contributed by atoms with Gasteiger partial charge in [0.1, 0.15) is 0 Å². The van der Waals surface area contributed by atoms with Gasteiger partial charge < -0.3 is 10.4 Å². The molecule has 0 saturated carbocycles. The third kappa shape index (κ3) is 3.29. The first kappa shape index (κ1) is 18.9. The second-order valence-corrected chi connectivity index (χ2v) is 9.28. The number of urea groups is 1. The molecule has 0 radical (unpaired) electrons. The van der Waals surface area contributed by atoms with Crippen LogP contribution in [0.3, 0.4) is 0 Å². The average Bonchev–Trinajstić information content (AvgIpc) is 3.34. The van der Waals surface area contributed by atoms with Crippen LogP contribution < -0.4 is 10.0 Å². The van der Waals surface area contributed by atoms with Crippen molar-refractivity contribution in [2.24, 2.45) is 0 Å². The third-order valence-corrected chi connectivity index (χ3v) is 6.65. The lowest BCUT2D eigenvalue weighted by Gasteiger charge is -2.17. The van der Waals surface area contributed by atoms with E-state index < -0.39 is 22.2 Å². The van der Waals surface area contributed by atoms with Gasteiger partial charge in [0.25, 0.3) is 10.0 Å². The molecule has 1 aromatic carbocycles. The summed E-state index contributed by atoms with van der Waals surface area (Å²) in [6.45, 7) is 3.77. The van der Waals surface area contributed by atoms with Crippen LogP contribution in [0.4, 0.5) is 10.5 Å². The molecule has 28 heavy (non-hydrogen) atoms. The molecule has 9 heteroatoms. The van der Waals surface area contributed by atoms with E-state index in [9.17, 15) is 18.3 Å². The number of aliphatic hydroxyl groups is 1. The fourth-order valence-electron chi connectivity index (χ4n) is 4.03. The number of benzene rings is 1. The Morgan fingerprint density at radius 1 is 1.29 bits per heavy atom. The van der Waals surface area contributed by atoms with Gasteiger partial charge in [0.05, 0.1) is 6.10 Å². The highest BCUT2D eigenvalue weighted by Crippen LogP contribution is 2.42. The summed E-state index contributed by atoms with van der Waals surface area (Å²) in [7, 11) is -4.07. The quantitative estimate of drug-likeness (QED) is 0.724. The number of carbonyl (C=O) groups is 1. The number of hydrogen-bond donors (Lipinski definition) is 3. The Balaban J connectivity index is 1.58. The van der Waals surface area contributed by atoms with Crippen LogP contribution in [0.1, 0.15) is 61.1 Å². The van der Waals surface area contributed by atoms with Gasteiger partial charge in [-0.15, -0.1) is 0 Å². The van der Waals surface area contributed by atoms with E-state index in [1.54, 1.807) is 6.20 Å². The van der Waals surface area contributed by atoms with Crippen molar-refractivity contribution in [3.05, 3.63) is 40.6 Å². The molecule has 0 spiro atoms. The molecule has 0 bridgehead atoms. The van der Waals surface area contributed by atoms with Crippen LogP contribution in [0.15, 0.2) is 23.4 Å². The number of anilines is 1. The van der Waals surface area contributed by atoms with E-state index in [1.165, 1.54) is 10.7 Å². The largest absolute Gasteiger partial charge is 0.388 e. The average molecular weight is 404 g/mol. The number of sulfonamides is 1. The van der Waals surface area contributed by atoms with Crippen molar-refractivity contribution in [1.82, 2.24) is 14.5 Å². The minimum absolute atomic E-state index is 0.0127. The lowest BCUT2D eigenvalue weighted by molar-refractivity contribution is 0.180. The van der Waals surface area contributed by atoms with Crippen molar-refractivity contribution < 1.29 is 18.3 Å². The van der Waals surface area contributed by atoms with Gasteiger partial charge >= 0.3 is 6.03 Å². The summed E-state index contributed by atoms with van der Waals surface area (Å²) in [5.74, 6) is 0. The van der Waals surface area contributed by atoms with Gasteiger partial charge in [-0.3, -0.25) is 4.68 Å². The molecule has 3 N–H and O–H groups in total. The lowest BCUT2D eigenvalue weighted by Crippen LogP contribution is -2.35. The number of rotatable bonds is 4. The van der Waals surface area contributed by atoms with Crippen LogP contribution in [0, 0.1) is 0 Å². The van der Waals surface area contributed by atoms with Gasteiger partial charge in [0, 0.05) is 17.9 Å². The van der Waals surface area contributed by atoms with Gasteiger partial charge in [0.2, 0.25) is 0 Å². The number of nitrogens with zero attached hydrogens (tertiary/aromatic N) is 2. The molecule has 1 unspecified atom stereocenters. The topological polar surface area (TPSA) is 113 Å². The number of aromatic nitrogens is 2. The second kappa shape index (κ2) is 6.89. The summed E-state index contributed by atoms with van der Waals surface area (Å²) in [6, 6.07) is 2.60. The summed E-state index contributed by atoms with van der Waals surface area (Å²) in [4.78, 5) is 12.5. The number of amides is 2. The van der Waals surface area contributed by atoms with E-state index in [0.29, 0.717) is 18.5 Å². The summed E-state index contributed by atoms with van der Waals surface area (Å²) >= 11 is 0. The number of aryl methyl sites for hydroxylation is 1. The maximum atomic E-state index is 12.5. The highest BCUT2D eigenvalue weighted by Gasteiger charge is 2.30. The molecule has 0 aliphatic heterocycles. The first-order valence-electron chi connectivity index (χ1n) is 9.51. The Morgan fingerprint density at radius 3 is 2.79 bits per heavy atom. The van der Waals surface area contributed by atoms with Crippen LogP contribution in [-0.2, 0) is 29.3 Å². The number of aliphatic hydroxyl groups excluding tert-OH is 1. The molecule has 0 fully saturated rings. The fourth-order valence-corrected chi connectivity index (χ4v) is 4.87. The summed E-state index contributed by atoms with van der Waals surface area (Å²) in [5, 5.41) is 16.8. The van der Waals surface area contributed by atoms with Crippen LogP contribution in [0.2, 0.25) is 0 Å². The summed E-state index contributed by atoms with van der Waals surface area (Å²) < 4.78 is 28.6. The first-order chi connectivity index (χ1) is 13.3. The van der Waals surface area contributed by atoms with Crippen molar-refractivity contribution in [3.63, 3.8) is 0 Å². The Bertz CT molecular complexity index is 1040. The summed E-state index contributed by atoms with van der Waals surface area (Å²) in [5.41, 5.74) is 4.57. The minimum atomic E-state index is -4.07. The maximum Gasteiger partial charge on any atom is 0.333 e. The van der Waals surface area contributed by atoms with Gasteiger partial charge in [-0.2, -0.15) is 13.5 Å². The zero-order valence-electron chi connectivity index (χ0n) is 15.9. The molecule has 1 aromatic heterocycles. The molecule has 4 rings (SSSR count). The molecule has 2 amide bonds. The van der Waals surface area contributed by atoms with E-state index in [4.69, 9.17) is 0 Å². The highest BCUT2D eigenvalue weighted by molar-refractivity contribution is 7.90. The predicted octanol–water partition coefficient (Wildman–Crippen LogP) is 2.44. The zero-order valence-corrected chi connectivity index (χ0v) is 16.7. The number of hydrogen-bond acceptors (Lipinski definition) is 5. The van der Waals surface area contributed by atoms with Crippen molar-refractivity contribution in [1.29, 1.82) is 0 Å². The zero-order chi connectivity index (χ0) is 20.1. The minimum Gasteiger partial charge on any atom is -0.388 e. The maximum absolute atomic E-state index is 12.5. The van der Waals surface area contributed by atoms with Crippen LogP contribution >= 0.6 is 0 Å². The molecule has 8 nitrogen and oxygen atoms in total. The van der Waals surface area contributed by atoms with E-state index in [1.807, 2.05) is 19.9 Å². The molecular weight excluding hydrogens is 380 g/mol. The SMILES string of the molecule is CC(C)n1ccc(S(=O)(=O)NC(=O)Nc2c3c(cc4c2CCC4O)CCC3)n1. The Hall–Kier alpha value is -2.39. The van der Waals surface area contributed by atoms with Crippen LogP contribution in [0.5, 0.6) is 0 Å². The second-order valence-electron chi connectivity index (χ2n) is 7.65. The van der Waals surface area contributed by atoms with Crippen LogP contribution in [0.25, 0.3) is 0 Å². The molecule has 0 saturated heterocycles. The first-order valence-corrected chi connectivity index (χ1v) is 11.0. The Morgan fingerprint density at radius 2 is 2.07 bits per heavy atom. The standard InChI is InChI=1S/C19H24N4O4S/c1-11(2)23-9-8-17(21-23)28(26,27)22-19(25)20-18-13-5-3-4-12(13)10-15-14(18)6-7-16(15)24/h8-11,16,24H,3-7H2,1-2H3,(H2,20,22,25). The highest BCUT2D eigenvalue weighted by atomic mass is 32.2. The molecular formula is C19H24N4O4S. The van der Waals surface area contributed by atoms with Gasteiger partial charge in [0.15, 0.2) is 5.03 Å². The van der Waals surface area contributed by atoms with Gasteiger partial charge in [-0.25, -0.2) is 9.52 Å². The Kier molecular flexibility index (Phi) is 4.67. The molecule has 1 atom stereocenters. The molecule has 1 heterocycles. The Labute approximate surface area is 164 Å². The van der Waals surface area contributed by atoms with Gasteiger partial charge in [-0.1, -0.05) is 6.07 Å². The van der Waals surface area contributed by atoms with E-state index in [2.05, 4.69) is 15.1 Å². The van der Waals surface area contributed by atoms with E-state index in [0.717, 1.165) is 41.5 Å². The molecule has 2 aromatic rings. The smallest absolute Gasteiger partial charge is 0.333 e. The van der Waals surface area contributed by atoms with E-state index >= 15 is 0 Å². The normalized spacial score (nSPS) is 18.2. The van der Waals surface area contributed by atoms with Crippen molar-refractivity contribution in [2.75, 3.05) is 5.32 Å². The van der Waals surface area contributed by atoms with Crippen molar-refractivity contribution in [2.45, 2.75) is 63.1 Å². The number of fused-ring (bicyclic) bond motifs is 2. The lowest BCUT2D eigenvalue weighted by atomic mass is 9.98.